The number of pyridine rings is 1. The van der Waals surface area contributed by atoms with Gasteiger partial charge in [0.05, 0.1) is 11.3 Å². The van der Waals surface area contributed by atoms with Gasteiger partial charge in [0.15, 0.2) is 0 Å². The summed E-state index contributed by atoms with van der Waals surface area (Å²) in [5, 5.41) is 0. The molecule has 4 heteroatoms. The van der Waals surface area contributed by atoms with Crippen LogP contribution in [0.3, 0.4) is 0 Å². The zero-order valence-electron chi connectivity index (χ0n) is 8.65. The molecule has 15 heavy (non-hydrogen) atoms. The minimum absolute atomic E-state index is 0.421. The second-order valence-corrected chi connectivity index (χ2v) is 3.89. The van der Waals surface area contributed by atoms with Crippen molar-refractivity contribution in [1.82, 2.24) is 9.88 Å². The Morgan fingerprint density at radius 1 is 1.40 bits per heavy atom. The second kappa shape index (κ2) is 4.40. The van der Waals surface area contributed by atoms with E-state index in [2.05, 4.69) is 9.88 Å². The van der Waals surface area contributed by atoms with Gasteiger partial charge in [0.25, 0.3) is 0 Å². The van der Waals surface area contributed by atoms with Gasteiger partial charge in [-0.1, -0.05) is 0 Å². The maximum atomic E-state index is 10.8. The highest BCUT2D eigenvalue weighted by atomic mass is 16.1. The quantitative estimate of drug-likeness (QED) is 0.793. The maximum Gasteiger partial charge on any atom is 0.250 e. The fourth-order valence-corrected chi connectivity index (χ4v) is 1.83. The predicted octanol–water partition coefficient (Wildman–Crippen LogP) is 0.776. The first kappa shape index (κ1) is 10.1. The Morgan fingerprint density at radius 2 is 2.13 bits per heavy atom. The summed E-state index contributed by atoms with van der Waals surface area (Å²) in [6, 6.07) is 3.61. The van der Waals surface area contributed by atoms with E-state index in [0.29, 0.717) is 5.56 Å². The summed E-state index contributed by atoms with van der Waals surface area (Å²) in [5.74, 6) is -0.421. The van der Waals surface area contributed by atoms with Crippen molar-refractivity contribution in [1.29, 1.82) is 0 Å². The number of nitrogens with two attached hydrogens (primary N) is 1. The summed E-state index contributed by atoms with van der Waals surface area (Å²) in [6.07, 6.45) is 4.10. The van der Waals surface area contributed by atoms with Crippen LogP contribution in [0.1, 0.15) is 28.9 Å². The fourth-order valence-electron chi connectivity index (χ4n) is 1.83. The Labute approximate surface area is 89.1 Å². The van der Waals surface area contributed by atoms with E-state index in [1.807, 2.05) is 6.07 Å². The molecular formula is C11H15N3O. The summed E-state index contributed by atoms with van der Waals surface area (Å²) in [4.78, 5) is 17.4. The fraction of sp³-hybridized carbons (Fsp3) is 0.455. The van der Waals surface area contributed by atoms with E-state index in [4.69, 9.17) is 5.73 Å². The number of hydrogen-bond donors (Lipinski definition) is 1. The van der Waals surface area contributed by atoms with Crippen LogP contribution in [0.2, 0.25) is 0 Å². The molecular weight excluding hydrogens is 190 g/mol. The molecule has 80 valence electrons. The van der Waals surface area contributed by atoms with Crippen LogP contribution in [0.25, 0.3) is 0 Å². The van der Waals surface area contributed by atoms with Crippen LogP contribution < -0.4 is 5.73 Å². The number of likely N-dealkylation sites (tertiary alicyclic amines) is 1. The normalized spacial score (nSPS) is 16.8. The van der Waals surface area contributed by atoms with Crippen molar-refractivity contribution in [3.05, 3.63) is 29.6 Å². The zero-order chi connectivity index (χ0) is 10.7. The van der Waals surface area contributed by atoms with Crippen LogP contribution in [0.15, 0.2) is 18.3 Å². The largest absolute Gasteiger partial charge is 0.366 e. The Hall–Kier alpha value is -1.42. The molecule has 1 fully saturated rings. The first-order valence-corrected chi connectivity index (χ1v) is 5.23. The van der Waals surface area contributed by atoms with Gasteiger partial charge in [-0.05, 0) is 38.1 Å². The summed E-state index contributed by atoms with van der Waals surface area (Å²) in [5.41, 5.74) is 6.61. The van der Waals surface area contributed by atoms with Gasteiger partial charge in [-0.25, -0.2) is 0 Å². The summed E-state index contributed by atoms with van der Waals surface area (Å²) in [6.45, 7) is 3.18. The molecule has 0 aromatic carbocycles. The molecule has 1 saturated heterocycles. The number of rotatable bonds is 3. The van der Waals surface area contributed by atoms with Gasteiger partial charge >= 0.3 is 0 Å². The van der Waals surface area contributed by atoms with Crippen LogP contribution in [-0.2, 0) is 6.54 Å². The number of hydrogen-bond acceptors (Lipinski definition) is 3. The van der Waals surface area contributed by atoms with Crippen molar-refractivity contribution >= 4 is 5.91 Å². The first-order chi connectivity index (χ1) is 7.25. The molecule has 2 rings (SSSR count). The van der Waals surface area contributed by atoms with E-state index >= 15 is 0 Å². The number of nitrogens with zero attached hydrogens (tertiary/aromatic N) is 2. The third kappa shape index (κ3) is 2.53. The van der Waals surface area contributed by atoms with Crippen LogP contribution in [0, 0.1) is 0 Å². The summed E-state index contributed by atoms with van der Waals surface area (Å²) >= 11 is 0. The van der Waals surface area contributed by atoms with E-state index in [1.54, 1.807) is 12.3 Å². The average molecular weight is 205 g/mol. The van der Waals surface area contributed by atoms with Crippen molar-refractivity contribution < 1.29 is 4.79 Å². The van der Waals surface area contributed by atoms with Crippen LogP contribution in [0.5, 0.6) is 0 Å². The first-order valence-electron chi connectivity index (χ1n) is 5.23. The molecule has 1 aromatic heterocycles. The van der Waals surface area contributed by atoms with Crippen molar-refractivity contribution in [2.24, 2.45) is 5.73 Å². The van der Waals surface area contributed by atoms with Crippen LogP contribution in [0.4, 0.5) is 0 Å². The molecule has 4 nitrogen and oxygen atoms in total. The van der Waals surface area contributed by atoms with E-state index in [-0.39, 0.29) is 0 Å². The lowest BCUT2D eigenvalue weighted by atomic mass is 10.2. The minimum atomic E-state index is -0.421. The molecule has 1 aliphatic heterocycles. The topological polar surface area (TPSA) is 59.2 Å². The number of carbonyl (C=O) groups excluding carboxylic acids is 1. The number of amides is 1. The van der Waals surface area contributed by atoms with Crippen molar-refractivity contribution in [2.45, 2.75) is 19.4 Å². The molecule has 1 aromatic rings. The lowest BCUT2D eigenvalue weighted by Gasteiger charge is -2.13. The molecule has 2 heterocycles. The molecule has 0 saturated carbocycles. The van der Waals surface area contributed by atoms with Crippen molar-refractivity contribution in [3.8, 4) is 0 Å². The molecule has 0 bridgehead atoms. The molecule has 0 radical (unpaired) electrons. The monoisotopic (exact) mass is 205 g/mol. The third-order valence-electron chi connectivity index (χ3n) is 2.69. The Bertz CT molecular complexity index is 341. The Balaban J connectivity index is 2.00. The van der Waals surface area contributed by atoms with E-state index < -0.39 is 5.91 Å². The maximum absolute atomic E-state index is 10.8. The lowest BCUT2D eigenvalue weighted by Crippen LogP contribution is -2.19. The van der Waals surface area contributed by atoms with Gasteiger partial charge in [0, 0.05) is 12.7 Å². The van der Waals surface area contributed by atoms with Crippen LogP contribution in [-0.4, -0.2) is 28.9 Å². The van der Waals surface area contributed by atoms with Crippen LogP contribution >= 0.6 is 0 Å². The van der Waals surface area contributed by atoms with E-state index in [0.717, 1.165) is 25.3 Å². The van der Waals surface area contributed by atoms with Gasteiger partial charge in [-0.2, -0.15) is 0 Å². The van der Waals surface area contributed by atoms with Gasteiger partial charge < -0.3 is 5.73 Å². The van der Waals surface area contributed by atoms with Gasteiger partial charge in [-0.3, -0.25) is 14.7 Å². The Kier molecular flexibility index (Phi) is 2.97. The van der Waals surface area contributed by atoms with Gasteiger partial charge in [0.2, 0.25) is 5.91 Å². The highest BCUT2D eigenvalue weighted by Gasteiger charge is 2.12. The highest BCUT2D eigenvalue weighted by Crippen LogP contribution is 2.11. The Morgan fingerprint density at radius 3 is 2.67 bits per heavy atom. The summed E-state index contributed by atoms with van der Waals surface area (Å²) < 4.78 is 0. The second-order valence-electron chi connectivity index (χ2n) is 3.89. The molecule has 1 amide bonds. The zero-order valence-corrected chi connectivity index (χ0v) is 8.65. The average Bonchev–Trinajstić information content (AvgIpc) is 2.71. The number of carbonyl (C=O) groups is 1. The molecule has 0 unspecified atom stereocenters. The van der Waals surface area contributed by atoms with Gasteiger partial charge in [0.1, 0.15) is 0 Å². The van der Waals surface area contributed by atoms with Crippen molar-refractivity contribution in [3.63, 3.8) is 0 Å². The van der Waals surface area contributed by atoms with Crippen molar-refractivity contribution in [2.75, 3.05) is 13.1 Å². The highest BCUT2D eigenvalue weighted by molar-refractivity contribution is 5.92. The molecule has 2 N–H and O–H groups in total. The third-order valence-corrected chi connectivity index (χ3v) is 2.69. The van der Waals surface area contributed by atoms with E-state index in [1.165, 1.54) is 12.8 Å². The van der Waals surface area contributed by atoms with Gasteiger partial charge in [-0.15, -0.1) is 0 Å². The molecule has 0 spiro atoms. The SMILES string of the molecule is NC(=O)c1ccc(CN2CCCC2)nc1. The molecule has 1 aliphatic rings. The molecule has 0 atom stereocenters. The molecule has 0 aliphatic carbocycles. The number of primary amides is 1. The minimum Gasteiger partial charge on any atom is -0.366 e. The number of aromatic nitrogens is 1. The van der Waals surface area contributed by atoms with E-state index in [9.17, 15) is 4.79 Å². The predicted molar refractivity (Wildman–Crippen MR) is 57.3 cm³/mol. The summed E-state index contributed by atoms with van der Waals surface area (Å²) in [7, 11) is 0. The lowest BCUT2D eigenvalue weighted by molar-refractivity contribution is 0.1000. The standard InChI is InChI=1S/C11H15N3O/c12-11(15)9-3-4-10(13-7-9)8-14-5-1-2-6-14/h3-4,7H,1-2,5-6,8H2,(H2,12,15). The smallest absolute Gasteiger partial charge is 0.250 e.